The molecule has 1 atom stereocenters. The smallest absolute Gasteiger partial charge is 0.307 e. The predicted molar refractivity (Wildman–Crippen MR) is 102 cm³/mol. The van der Waals surface area contributed by atoms with E-state index in [1.807, 2.05) is 27.7 Å². The second-order valence-corrected chi connectivity index (χ2v) is 8.48. The largest absolute Gasteiger partial charge is 0.331 e. The zero-order valence-corrected chi connectivity index (χ0v) is 16.1. The zero-order valence-electron chi connectivity index (χ0n) is 15.3. The molecule has 140 valence electrons. The molecule has 0 radical (unpaired) electrons. The molecular formula is C19H24FN3O2S. The second kappa shape index (κ2) is 7.86. The molecule has 7 heteroatoms. The minimum absolute atomic E-state index is 0.0204. The molecule has 2 rings (SSSR count). The summed E-state index contributed by atoms with van der Waals surface area (Å²) in [7, 11) is -3.49. The lowest BCUT2D eigenvalue weighted by Gasteiger charge is -2.21. The summed E-state index contributed by atoms with van der Waals surface area (Å²) in [5, 5.41) is 2.68. The molecule has 1 unspecified atom stereocenters. The van der Waals surface area contributed by atoms with Gasteiger partial charge < -0.3 is 5.32 Å². The van der Waals surface area contributed by atoms with Crippen LogP contribution in [-0.2, 0) is 9.92 Å². The molecule has 0 saturated heterocycles. The van der Waals surface area contributed by atoms with Crippen molar-refractivity contribution in [2.24, 2.45) is 0 Å². The van der Waals surface area contributed by atoms with E-state index in [4.69, 9.17) is 4.78 Å². The van der Waals surface area contributed by atoms with Gasteiger partial charge in [0, 0.05) is 5.69 Å². The molecule has 0 aliphatic carbocycles. The Morgan fingerprint density at radius 3 is 2.00 bits per heavy atom. The number of benzene rings is 2. The fourth-order valence-electron chi connectivity index (χ4n) is 2.65. The van der Waals surface area contributed by atoms with E-state index in [1.54, 1.807) is 18.2 Å². The summed E-state index contributed by atoms with van der Waals surface area (Å²) >= 11 is 0. The van der Waals surface area contributed by atoms with Crippen molar-refractivity contribution in [2.75, 3.05) is 5.32 Å². The van der Waals surface area contributed by atoms with Crippen LogP contribution in [-0.4, -0.2) is 10.2 Å². The van der Waals surface area contributed by atoms with Crippen molar-refractivity contribution in [3.63, 3.8) is 0 Å². The predicted octanol–water partition coefficient (Wildman–Crippen LogP) is 5.21. The Kier molecular flexibility index (Phi) is 6.02. The minimum atomic E-state index is -3.49. The Morgan fingerprint density at radius 2 is 1.54 bits per heavy atom. The average Bonchev–Trinajstić information content (AvgIpc) is 2.56. The average molecular weight is 377 g/mol. The standard InChI is InChI=1S/C19H24FN3O2S/c1-12(2)16-10-14(20)11-17(13(3)4)18(16)22-19(24)23-26(21,25)15-8-6-5-7-9-15/h5-13H,1-4H3,(H3,21,22,23,24,25). The topological polar surface area (TPSA) is 82.1 Å². The fourth-order valence-corrected chi connectivity index (χ4v) is 3.62. The first-order valence-corrected chi connectivity index (χ1v) is 9.93. The van der Waals surface area contributed by atoms with Gasteiger partial charge in [0.2, 0.25) is 0 Å². The molecule has 0 aromatic heterocycles. The third kappa shape index (κ3) is 4.60. The quantitative estimate of drug-likeness (QED) is 0.668. The molecule has 2 aromatic rings. The van der Waals surface area contributed by atoms with Gasteiger partial charge in [-0.05, 0) is 47.2 Å². The molecule has 0 spiro atoms. The number of carbonyl (C=O) groups is 1. The van der Waals surface area contributed by atoms with Gasteiger partial charge in [-0.15, -0.1) is 0 Å². The van der Waals surface area contributed by atoms with Crippen LogP contribution in [0.15, 0.2) is 47.4 Å². The van der Waals surface area contributed by atoms with Gasteiger partial charge in [0.15, 0.2) is 9.92 Å². The fraction of sp³-hybridized carbons (Fsp3) is 0.316. The number of amides is 2. The highest BCUT2D eigenvalue weighted by atomic mass is 32.2. The van der Waals surface area contributed by atoms with E-state index in [-0.39, 0.29) is 22.5 Å². The number of hydrogen-bond donors (Lipinski definition) is 3. The molecule has 0 saturated carbocycles. The highest BCUT2D eigenvalue weighted by Crippen LogP contribution is 2.33. The Labute approximate surface area is 154 Å². The molecule has 26 heavy (non-hydrogen) atoms. The molecular weight excluding hydrogens is 353 g/mol. The van der Waals surface area contributed by atoms with Gasteiger partial charge >= 0.3 is 6.03 Å². The Morgan fingerprint density at radius 1 is 1.04 bits per heavy atom. The summed E-state index contributed by atoms with van der Waals surface area (Å²) < 4.78 is 36.7. The van der Waals surface area contributed by atoms with E-state index in [0.29, 0.717) is 16.8 Å². The summed E-state index contributed by atoms with van der Waals surface area (Å²) in [5.41, 5.74) is 1.80. The molecule has 0 aliphatic heterocycles. The first-order valence-electron chi connectivity index (χ1n) is 8.37. The van der Waals surface area contributed by atoms with Gasteiger partial charge in [0.25, 0.3) is 0 Å². The van der Waals surface area contributed by atoms with Crippen molar-refractivity contribution in [2.45, 2.75) is 44.4 Å². The molecule has 0 aliphatic rings. The van der Waals surface area contributed by atoms with Gasteiger partial charge in [0.1, 0.15) is 5.82 Å². The van der Waals surface area contributed by atoms with Crippen LogP contribution >= 0.6 is 0 Å². The lowest BCUT2D eigenvalue weighted by molar-refractivity contribution is 0.256. The van der Waals surface area contributed by atoms with Gasteiger partial charge in [0.05, 0.1) is 4.90 Å². The molecule has 5 nitrogen and oxygen atoms in total. The number of hydrogen-bond acceptors (Lipinski definition) is 3. The van der Waals surface area contributed by atoms with Crippen LogP contribution in [0.4, 0.5) is 14.9 Å². The molecule has 0 heterocycles. The zero-order chi connectivity index (χ0) is 19.5. The second-order valence-electron chi connectivity index (χ2n) is 6.69. The first kappa shape index (κ1) is 19.9. The first-order chi connectivity index (χ1) is 12.1. The van der Waals surface area contributed by atoms with Gasteiger partial charge in [-0.2, -0.15) is 0 Å². The molecule has 2 aromatic carbocycles. The van der Waals surface area contributed by atoms with Crippen LogP contribution in [0.5, 0.6) is 0 Å². The minimum Gasteiger partial charge on any atom is -0.307 e. The molecule has 2 amide bonds. The van der Waals surface area contributed by atoms with Crippen LogP contribution in [0, 0.1) is 10.6 Å². The van der Waals surface area contributed by atoms with Gasteiger partial charge in [-0.25, -0.2) is 22.9 Å². The summed E-state index contributed by atoms with van der Waals surface area (Å²) in [6.45, 7) is 7.61. The lowest BCUT2D eigenvalue weighted by Crippen LogP contribution is -2.34. The van der Waals surface area contributed by atoms with E-state index >= 15 is 0 Å². The monoisotopic (exact) mass is 377 g/mol. The number of rotatable bonds is 5. The third-order valence-electron chi connectivity index (χ3n) is 3.96. The van der Waals surface area contributed by atoms with Crippen molar-refractivity contribution in [3.8, 4) is 0 Å². The van der Waals surface area contributed by atoms with E-state index in [1.165, 1.54) is 24.3 Å². The van der Waals surface area contributed by atoms with Crippen molar-refractivity contribution in [1.29, 1.82) is 4.78 Å². The maximum atomic E-state index is 14.0. The molecule has 3 N–H and O–H groups in total. The van der Waals surface area contributed by atoms with Gasteiger partial charge in [-0.1, -0.05) is 45.9 Å². The van der Waals surface area contributed by atoms with Crippen molar-refractivity contribution in [1.82, 2.24) is 4.72 Å². The normalized spacial score (nSPS) is 13.5. The molecule has 0 bridgehead atoms. The maximum absolute atomic E-state index is 14.0. The van der Waals surface area contributed by atoms with Crippen molar-refractivity contribution < 1.29 is 13.4 Å². The van der Waals surface area contributed by atoms with Crippen LogP contribution < -0.4 is 10.0 Å². The Hall–Kier alpha value is -2.41. The summed E-state index contributed by atoms with van der Waals surface area (Å²) in [5.74, 6) is -0.405. The highest BCUT2D eigenvalue weighted by molar-refractivity contribution is 7.91. The lowest BCUT2D eigenvalue weighted by atomic mass is 9.92. The van der Waals surface area contributed by atoms with Crippen LogP contribution in [0.25, 0.3) is 0 Å². The van der Waals surface area contributed by atoms with E-state index < -0.39 is 15.9 Å². The molecule has 0 fully saturated rings. The highest BCUT2D eigenvalue weighted by Gasteiger charge is 2.20. The Bertz CT molecular complexity index is 865. The number of carbonyl (C=O) groups excluding carboxylic acids is 1. The van der Waals surface area contributed by atoms with E-state index in [2.05, 4.69) is 10.0 Å². The number of halogens is 1. The van der Waals surface area contributed by atoms with Crippen LogP contribution in [0.2, 0.25) is 0 Å². The number of urea groups is 1. The third-order valence-corrected chi connectivity index (χ3v) is 5.37. The van der Waals surface area contributed by atoms with E-state index in [0.717, 1.165) is 0 Å². The Balaban J connectivity index is 2.34. The summed E-state index contributed by atoms with van der Waals surface area (Å²) in [6, 6.07) is 10.1. The number of nitrogens with one attached hydrogen (secondary N) is 3. The van der Waals surface area contributed by atoms with Crippen LogP contribution in [0.3, 0.4) is 0 Å². The maximum Gasteiger partial charge on any atom is 0.331 e. The van der Waals surface area contributed by atoms with Gasteiger partial charge in [-0.3, -0.25) is 0 Å². The van der Waals surface area contributed by atoms with Crippen molar-refractivity contribution in [3.05, 3.63) is 59.4 Å². The van der Waals surface area contributed by atoms with Crippen LogP contribution in [0.1, 0.15) is 50.7 Å². The summed E-state index contributed by atoms with van der Waals surface area (Å²) in [4.78, 5) is 12.6. The summed E-state index contributed by atoms with van der Waals surface area (Å²) in [6.07, 6.45) is 0. The number of anilines is 1. The SMILES string of the molecule is CC(C)c1cc(F)cc(C(C)C)c1NC(=O)NS(=N)(=O)c1ccccc1. The van der Waals surface area contributed by atoms with E-state index in [9.17, 15) is 13.4 Å². The van der Waals surface area contributed by atoms with Crippen molar-refractivity contribution >= 4 is 21.6 Å².